The van der Waals surface area contributed by atoms with Gasteiger partial charge in [0, 0.05) is 6.72 Å². The number of allylic oxidation sites excluding steroid dienone is 5. The first kappa shape index (κ1) is 10.6. The van der Waals surface area contributed by atoms with Crippen LogP contribution in [0.2, 0.25) is 0 Å². The Morgan fingerprint density at radius 3 is 2.42 bits per heavy atom. The SMILES string of the molecule is C=C\C=C/C(C)=C(C)\C=N\N=C. The van der Waals surface area contributed by atoms with E-state index < -0.39 is 0 Å². The van der Waals surface area contributed by atoms with Crippen LogP contribution in [0.15, 0.2) is 46.2 Å². The van der Waals surface area contributed by atoms with Crippen molar-refractivity contribution in [2.24, 2.45) is 10.2 Å². The molecular formula is C10H14N2. The maximum absolute atomic E-state index is 3.67. The fourth-order valence-corrected chi connectivity index (χ4v) is 0.573. The Balaban J connectivity index is 4.44. The Labute approximate surface area is 73.7 Å². The van der Waals surface area contributed by atoms with Crippen LogP contribution in [0.5, 0.6) is 0 Å². The first-order valence-electron chi connectivity index (χ1n) is 3.68. The summed E-state index contributed by atoms with van der Waals surface area (Å²) < 4.78 is 0. The summed E-state index contributed by atoms with van der Waals surface area (Å²) in [6, 6.07) is 0. The molecule has 0 N–H and O–H groups in total. The lowest BCUT2D eigenvalue weighted by molar-refractivity contribution is 1.27. The van der Waals surface area contributed by atoms with Crippen LogP contribution in [0.1, 0.15) is 13.8 Å². The van der Waals surface area contributed by atoms with Crippen LogP contribution in [0, 0.1) is 0 Å². The predicted octanol–water partition coefficient (Wildman–Crippen LogP) is 2.75. The molecule has 0 atom stereocenters. The first-order valence-corrected chi connectivity index (χ1v) is 3.68. The summed E-state index contributed by atoms with van der Waals surface area (Å²) in [5.41, 5.74) is 2.21. The van der Waals surface area contributed by atoms with Crippen LogP contribution < -0.4 is 0 Å². The molecule has 12 heavy (non-hydrogen) atoms. The zero-order valence-corrected chi connectivity index (χ0v) is 7.62. The lowest BCUT2D eigenvalue weighted by Gasteiger charge is -1.93. The fraction of sp³-hybridized carbons (Fsp3) is 0.200. The molecule has 0 rings (SSSR count). The van der Waals surface area contributed by atoms with Gasteiger partial charge in [0.25, 0.3) is 0 Å². The molecule has 64 valence electrons. The van der Waals surface area contributed by atoms with Crippen molar-refractivity contribution >= 4 is 12.9 Å². The van der Waals surface area contributed by atoms with Gasteiger partial charge >= 0.3 is 0 Å². The molecule has 0 spiro atoms. The van der Waals surface area contributed by atoms with Crippen molar-refractivity contribution in [2.75, 3.05) is 0 Å². The van der Waals surface area contributed by atoms with Crippen LogP contribution in [-0.2, 0) is 0 Å². The summed E-state index contributed by atoms with van der Waals surface area (Å²) in [6.45, 7) is 10.8. The first-order chi connectivity index (χ1) is 5.72. The van der Waals surface area contributed by atoms with Gasteiger partial charge in [0.15, 0.2) is 0 Å². The van der Waals surface area contributed by atoms with E-state index in [1.54, 1.807) is 12.3 Å². The van der Waals surface area contributed by atoms with E-state index in [-0.39, 0.29) is 0 Å². The molecule has 0 bridgehead atoms. The number of hydrogen-bond donors (Lipinski definition) is 0. The van der Waals surface area contributed by atoms with Crippen LogP contribution in [0.25, 0.3) is 0 Å². The molecule has 2 heteroatoms. The number of nitrogens with zero attached hydrogens (tertiary/aromatic N) is 2. The van der Waals surface area contributed by atoms with Crippen molar-refractivity contribution in [2.45, 2.75) is 13.8 Å². The van der Waals surface area contributed by atoms with E-state index in [4.69, 9.17) is 0 Å². The van der Waals surface area contributed by atoms with Crippen molar-refractivity contribution in [3.05, 3.63) is 36.0 Å². The standard InChI is InChI=1S/C10H14N2/c1-5-6-7-9(2)10(3)8-12-11-4/h5-8H,1,4H2,2-3H3/b7-6-,10-9-,12-8+. The van der Waals surface area contributed by atoms with Crippen molar-refractivity contribution in [3.8, 4) is 0 Å². The summed E-state index contributed by atoms with van der Waals surface area (Å²) >= 11 is 0. The van der Waals surface area contributed by atoms with Gasteiger partial charge in [0.2, 0.25) is 0 Å². The van der Waals surface area contributed by atoms with E-state index in [0.717, 1.165) is 11.1 Å². The molecule has 0 aliphatic rings. The Morgan fingerprint density at radius 2 is 1.92 bits per heavy atom. The van der Waals surface area contributed by atoms with E-state index in [1.807, 2.05) is 26.0 Å². The minimum absolute atomic E-state index is 1.07. The normalized spacial score (nSPS) is 13.5. The van der Waals surface area contributed by atoms with Gasteiger partial charge in [-0.05, 0) is 25.0 Å². The largest absolute Gasteiger partial charge is 0.167 e. The topological polar surface area (TPSA) is 24.7 Å². The Bertz CT molecular complexity index is 219. The summed E-state index contributed by atoms with van der Waals surface area (Å²) in [4.78, 5) is 0. The second-order valence-electron chi connectivity index (χ2n) is 2.35. The highest BCUT2D eigenvalue weighted by molar-refractivity contribution is 5.79. The zero-order valence-electron chi connectivity index (χ0n) is 7.62. The highest BCUT2D eigenvalue weighted by Gasteiger charge is 1.87. The Kier molecular flexibility index (Phi) is 5.53. The molecule has 0 aromatic rings. The maximum atomic E-state index is 3.67. The molecule has 0 saturated carbocycles. The molecule has 0 unspecified atom stereocenters. The molecule has 0 amide bonds. The van der Waals surface area contributed by atoms with E-state index in [1.165, 1.54) is 0 Å². The molecule has 0 aromatic heterocycles. The van der Waals surface area contributed by atoms with Crippen LogP contribution in [-0.4, -0.2) is 12.9 Å². The lowest BCUT2D eigenvalue weighted by Crippen LogP contribution is -1.81. The summed E-state index contributed by atoms with van der Waals surface area (Å²) in [6.07, 6.45) is 7.26. The molecule has 0 saturated heterocycles. The van der Waals surface area contributed by atoms with Gasteiger partial charge in [0.05, 0.1) is 6.21 Å². The van der Waals surface area contributed by atoms with Crippen molar-refractivity contribution < 1.29 is 0 Å². The second-order valence-corrected chi connectivity index (χ2v) is 2.35. The minimum atomic E-state index is 1.07. The third kappa shape index (κ3) is 4.39. The highest BCUT2D eigenvalue weighted by atomic mass is 15.2. The number of hydrogen-bond acceptors (Lipinski definition) is 2. The van der Waals surface area contributed by atoms with Crippen LogP contribution in [0.3, 0.4) is 0 Å². The van der Waals surface area contributed by atoms with Crippen molar-refractivity contribution in [1.82, 2.24) is 0 Å². The van der Waals surface area contributed by atoms with Gasteiger partial charge in [-0.3, -0.25) is 0 Å². The van der Waals surface area contributed by atoms with E-state index in [0.29, 0.717) is 0 Å². The third-order valence-corrected chi connectivity index (χ3v) is 1.44. The maximum Gasteiger partial charge on any atom is 0.0527 e. The molecule has 0 aliphatic heterocycles. The van der Waals surface area contributed by atoms with E-state index in [2.05, 4.69) is 23.5 Å². The third-order valence-electron chi connectivity index (χ3n) is 1.44. The van der Waals surface area contributed by atoms with E-state index in [9.17, 15) is 0 Å². The summed E-state index contributed by atoms with van der Waals surface area (Å²) in [7, 11) is 0. The molecule has 2 nitrogen and oxygen atoms in total. The average molecular weight is 162 g/mol. The Morgan fingerprint density at radius 1 is 1.25 bits per heavy atom. The van der Waals surface area contributed by atoms with Gasteiger partial charge in [-0.25, -0.2) is 0 Å². The quantitative estimate of drug-likeness (QED) is 0.345. The smallest absolute Gasteiger partial charge is 0.0527 e. The van der Waals surface area contributed by atoms with Gasteiger partial charge in [-0.2, -0.15) is 10.2 Å². The van der Waals surface area contributed by atoms with Gasteiger partial charge < -0.3 is 0 Å². The Hall–Kier alpha value is -1.44. The lowest BCUT2D eigenvalue weighted by atomic mass is 10.1. The minimum Gasteiger partial charge on any atom is -0.167 e. The summed E-state index contributed by atoms with van der Waals surface area (Å²) in [5, 5.41) is 7.05. The van der Waals surface area contributed by atoms with Crippen LogP contribution >= 0.6 is 0 Å². The molecule has 0 fully saturated rings. The van der Waals surface area contributed by atoms with Gasteiger partial charge in [0.1, 0.15) is 0 Å². The number of rotatable bonds is 4. The van der Waals surface area contributed by atoms with Crippen molar-refractivity contribution in [1.29, 1.82) is 0 Å². The predicted molar refractivity (Wildman–Crippen MR) is 55.8 cm³/mol. The second kappa shape index (κ2) is 6.28. The summed E-state index contributed by atoms with van der Waals surface area (Å²) in [5.74, 6) is 0. The molecule has 0 aliphatic carbocycles. The van der Waals surface area contributed by atoms with E-state index >= 15 is 0 Å². The molecule has 0 heterocycles. The highest BCUT2D eigenvalue weighted by Crippen LogP contribution is 2.02. The van der Waals surface area contributed by atoms with Gasteiger partial charge in [-0.1, -0.05) is 24.8 Å². The average Bonchev–Trinajstić information content (AvgIpc) is 2.10. The van der Waals surface area contributed by atoms with Crippen molar-refractivity contribution in [3.63, 3.8) is 0 Å². The fourth-order valence-electron chi connectivity index (χ4n) is 0.573. The molecule has 0 radical (unpaired) electrons. The van der Waals surface area contributed by atoms with Crippen LogP contribution in [0.4, 0.5) is 0 Å². The molecular weight excluding hydrogens is 148 g/mol. The molecule has 0 aromatic carbocycles. The van der Waals surface area contributed by atoms with Gasteiger partial charge in [-0.15, -0.1) is 0 Å². The zero-order chi connectivity index (χ0) is 9.40. The monoisotopic (exact) mass is 162 g/mol.